The molecule has 4 heteroatoms. The standard InChI is InChI=1S/C12H14FN3/c1-3-9-8-10(4-2)16(15-9)12-11(13)6-5-7-14-12/h5-8H,3-4H2,1-2H3. The van der Waals surface area contributed by atoms with E-state index in [1.54, 1.807) is 16.9 Å². The Morgan fingerprint density at radius 1 is 1.31 bits per heavy atom. The van der Waals surface area contributed by atoms with E-state index >= 15 is 0 Å². The summed E-state index contributed by atoms with van der Waals surface area (Å²) in [6.07, 6.45) is 3.22. The Morgan fingerprint density at radius 3 is 2.75 bits per heavy atom. The highest BCUT2D eigenvalue weighted by Crippen LogP contribution is 2.14. The van der Waals surface area contributed by atoms with Gasteiger partial charge in [-0.3, -0.25) is 0 Å². The Bertz CT molecular complexity index is 491. The Kier molecular flexibility index (Phi) is 2.99. The molecule has 0 fully saturated rings. The summed E-state index contributed by atoms with van der Waals surface area (Å²) in [5, 5.41) is 4.34. The highest BCUT2D eigenvalue weighted by Gasteiger charge is 2.11. The number of aryl methyl sites for hydroxylation is 2. The third-order valence-corrected chi connectivity index (χ3v) is 2.50. The number of halogens is 1. The van der Waals surface area contributed by atoms with Crippen molar-refractivity contribution in [1.29, 1.82) is 0 Å². The van der Waals surface area contributed by atoms with Crippen LogP contribution in [0, 0.1) is 5.82 Å². The lowest BCUT2D eigenvalue weighted by Gasteiger charge is -2.04. The zero-order valence-electron chi connectivity index (χ0n) is 9.44. The molecule has 0 aliphatic carbocycles. The second-order valence-electron chi connectivity index (χ2n) is 3.55. The molecule has 0 bridgehead atoms. The minimum atomic E-state index is -0.344. The van der Waals surface area contributed by atoms with E-state index in [0.29, 0.717) is 0 Å². The molecule has 0 aromatic carbocycles. The third kappa shape index (κ3) is 1.83. The molecular weight excluding hydrogens is 205 g/mol. The fourth-order valence-electron chi connectivity index (χ4n) is 1.62. The molecule has 0 atom stereocenters. The zero-order chi connectivity index (χ0) is 11.5. The van der Waals surface area contributed by atoms with E-state index in [4.69, 9.17) is 0 Å². The van der Waals surface area contributed by atoms with E-state index in [9.17, 15) is 4.39 Å². The van der Waals surface area contributed by atoms with Gasteiger partial charge >= 0.3 is 0 Å². The van der Waals surface area contributed by atoms with E-state index in [0.717, 1.165) is 24.2 Å². The van der Waals surface area contributed by atoms with Crippen LogP contribution in [0.25, 0.3) is 5.82 Å². The van der Waals surface area contributed by atoms with Crippen molar-refractivity contribution in [1.82, 2.24) is 14.8 Å². The molecule has 2 heterocycles. The number of rotatable bonds is 3. The van der Waals surface area contributed by atoms with Crippen molar-refractivity contribution < 1.29 is 4.39 Å². The highest BCUT2D eigenvalue weighted by molar-refractivity contribution is 5.27. The predicted molar refractivity (Wildman–Crippen MR) is 60.1 cm³/mol. The van der Waals surface area contributed by atoms with Gasteiger partial charge in [-0.25, -0.2) is 14.1 Å². The van der Waals surface area contributed by atoms with E-state index in [1.165, 1.54) is 6.07 Å². The fraction of sp³-hybridized carbons (Fsp3) is 0.333. The van der Waals surface area contributed by atoms with Crippen LogP contribution < -0.4 is 0 Å². The number of hydrogen-bond donors (Lipinski definition) is 0. The van der Waals surface area contributed by atoms with Gasteiger partial charge in [-0.2, -0.15) is 5.10 Å². The molecule has 16 heavy (non-hydrogen) atoms. The van der Waals surface area contributed by atoms with Crippen LogP contribution in [-0.2, 0) is 12.8 Å². The van der Waals surface area contributed by atoms with Crippen LogP contribution in [0.4, 0.5) is 4.39 Å². The summed E-state index contributed by atoms with van der Waals surface area (Å²) in [5.41, 5.74) is 1.94. The maximum absolute atomic E-state index is 13.6. The average Bonchev–Trinajstić information content (AvgIpc) is 2.72. The van der Waals surface area contributed by atoms with Crippen LogP contribution in [0.3, 0.4) is 0 Å². The number of hydrogen-bond acceptors (Lipinski definition) is 2. The Balaban J connectivity index is 2.54. The Morgan fingerprint density at radius 2 is 2.12 bits per heavy atom. The molecule has 2 aromatic heterocycles. The summed E-state index contributed by atoms with van der Waals surface area (Å²) in [7, 11) is 0. The monoisotopic (exact) mass is 219 g/mol. The van der Waals surface area contributed by atoms with Gasteiger partial charge in [0.2, 0.25) is 0 Å². The number of aromatic nitrogens is 3. The molecule has 3 nitrogen and oxygen atoms in total. The summed E-state index contributed by atoms with van der Waals surface area (Å²) >= 11 is 0. The van der Waals surface area contributed by atoms with Gasteiger partial charge in [0.1, 0.15) is 0 Å². The van der Waals surface area contributed by atoms with Gasteiger partial charge in [0.05, 0.1) is 5.69 Å². The van der Waals surface area contributed by atoms with Gasteiger partial charge in [0, 0.05) is 11.9 Å². The summed E-state index contributed by atoms with van der Waals surface area (Å²) in [4.78, 5) is 4.03. The first-order chi connectivity index (χ1) is 7.76. The smallest absolute Gasteiger partial charge is 0.189 e. The molecule has 84 valence electrons. The molecule has 0 saturated heterocycles. The second-order valence-corrected chi connectivity index (χ2v) is 3.55. The Hall–Kier alpha value is -1.71. The van der Waals surface area contributed by atoms with Crippen molar-refractivity contribution in [3.63, 3.8) is 0 Å². The first-order valence-electron chi connectivity index (χ1n) is 5.45. The predicted octanol–water partition coefficient (Wildman–Crippen LogP) is 2.53. The van der Waals surface area contributed by atoms with Gasteiger partial charge < -0.3 is 0 Å². The molecule has 0 spiro atoms. The maximum Gasteiger partial charge on any atom is 0.189 e. The fourth-order valence-corrected chi connectivity index (χ4v) is 1.62. The molecule has 0 N–H and O–H groups in total. The second kappa shape index (κ2) is 4.43. The van der Waals surface area contributed by atoms with Crippen LogP contribution in [-0.4, -0.2) is 14.8 Å². The molecule has 0 amide bonds. The van der Waals surface area contributed by atoms with Crippen LogP contribution in [0.1, 0.15) is 25.2 Å². The maximum atomic E-state index is 13.6. The van der Waals surface area contributed by atoms with Gasteiger partial charge in [-0.1, -0.05) is 13.8 Å². The van der Waals surface area contributed by atoms with E-state index in [2.05, 4.69) is 10.1 Å². The van der Waals surface area contributed by atoms with Gasteiger partial charge in [-0.15, -0.1) is 0 Å². The lowest BCUT2D eigenvalue weighted by Crippen LogP contribution is -2.06. The summed E-state index contributed by atoms with van der Waals surface area (Å²) in [5.74, 6) is -0.0676. The first kappa shape index (κ1) is 10.8. The topological polar surface area (TPSA) is 30.7 Å². The van der Waals surface area contributed by atoms with Gasteiger partial charge in [0.25, 0.3) is 0 Å². The molecule has 0 aliphatic rings. The van der Waals surface area contributed by atoms with Crippen molar-refractivity contribution in [3.05, 3.63) is 41.6 Å². The number of nitrogens with zero attached hydrogens (tertiary/aromatic N) is 3. The van der Waals surface area contributed by atoms with Crippen molar-refractivity contribution in [3.8, 4) is 5.82 Å². The lowest BCUT2D eigenvalue weighted by molar-refractivity contribution is 0.594. The van der Waals surface area contributed by atoms with Crippen LogP contribution in [0.2, 0.25) is 0 Å². The normalized spacial score (nSPS) is 10.7. The first-order valence-corrected chi connectivity index (χ1v) is 5.45. The summed E-state index contributed by atoms with van der Waals surface area (Å²) < 4.78 is 15.2. The van der Waals surface area contributed by atoms with Crippen LogP contribution in [0.15, 0.2) is 24.4 Å². The molecule has 2 rings (SSSR count). The van der Waals surface area contributed by atoms with Crippen LogP contribution in [0.5, 0.6) is 0 Å². The van der Waals surface area contributed by atoms with Gasteiger partial charge in [-0.05, 0) is 31.0 Å². The largest absolute Gasteiger partial charge is 0.235 e. The Labute approximate surface area is 93.9 Å². The minimum Gasteiger partial charge on any atom is -0.235 e. The van der Waals surface area contributed by atoms with Crippen molar-refractivity contribution in [2.24, 2.45) is 0 Å². The number of pyridine rings is 1. The molecule has 0 radical (unpaired) electrons. The SMILES string of the molecule is CCc1cc(CC)n(-c2ncccc2F)n1. The van der Waals surface area contributed by atoms with Crippen molar-refractivity contribution in [2.75, 3.05) is 0 Å². The molecule has 0 saturated carbocycles. The highest BCUT2D eigenvalue weighted by atomic mass is 19.1. The van der Waals surface area contributed by atoms with E-state index < -0.39 is 0 Å². The average molecular weight is 219 g/mol. The van der Waals surface area contributed by atoms with Crippen molar-refractivity contribution in [2.45, 2.75) is 26.7 Å². The van der Waals surface area contributed by atoms with E-state index in [1.807, 2.05) is 19.9 Å². The van der Waals surface area contributed by atoms with Crippen molar-refractivity contribution >= 4 is 0 Å². The molecular formula is C12H14FN3. The van der Waals surface area contributed by atoms with E-state index in [-0.39, 0.29) is 11.6 Å². The molecule has 0 unspecified atom stereocenters. The third-order valence-electron chi connectivity index (χ3n) is 2.50. The van der Waals surface area contributed by atoms with Crippen LogP contribution >= 0.6 is 0 Å². The summed E-state index contributed by atoms with van der Waals surface area (Å²) in [6, 6.07) is 4.97. The summed E-state index contributed by atoms with van der Waals surface area (Å²) in [6.45, 7) is 4.05. The lowest BCUT2D eigenvalue weighted by atomic mass is 10.2. The minimum absolute atomic E-state index is 0.277. The molecule has 0 aliphatic heterocycles. The quantitative estimate of drug-likeness (QED) is 0.794. The molecule has 2 aromatic rings. The van der Waals surface area contributed by atoms with Gasteiger partial charge in [0.15, 0.2) is 11.6 Å². The zero-order valence-corrected chi connectivity index (χ0v) is 9.44.